The molecule has 0 aliphatic carbocycles. The highest BCUT2D eigenvalue weighted by Crippen LogP contribution is 2.30. The number of hydrogen-bond acceptors (Lipinski definition) is 3. The molecule has 0 N–H and O–H groups in total. The second kappa shape index (κ2) is 3.00. The molecule has 0 saturated carbocycles. The van der Waals surface area contributed by atoms with Crippen molar-refractivity contribution < 1.29 is 4.74 Å². The van der Waals surface area contributed by atoms with Crippen LogP contribution in [-0.4, -0.2) is 16.8 Å². The Morgan fingerprint density at radius 3 is 2.64 bits per heavy atom. The summed E-state index contributed by atoms with van der Waals surface area (Å²) in [6, 6.07) is 0. The van der Waals surface area contributed by atoms with Crippen LogP contribution in [0.15, 0.2) is 0 Å². The molecule has 0 amide bonds. The van der Waals surface area contributed by atoms with E-state index < -0.39 is 0 Å². The number of nitrogens with zero attached hydrogens (tertiary/aromatic N) is 2. The van der Waals surface area contributed by atoms with Crippen LogP contribution in [0.3, 0.4) is 0 Å². The zero-order valence-electron chi connectivity index (χ0n) is 5.47. The van der Waals surface area contributed by atoms with Crippen molar-refractivity contribution >= 4 is 45.2 Å². The Kier molecular flexibility index (Phi) is 2.17. The molecule has 1 aliphatic heterocycles. The van der Waals surface area contributed by atoms with Crippen LogP contribution in [0.1, 0.15) is 5.56 Å². The van der Waals surface area contributed by atoms with Gasteiger partial charge in [-0.15, -0.1) is 10.2 Å². The summed E-state index contributed by atoms with van der Waals surface area (Å²) in [5.74, 6) is 0.935. The van der Waals surface area contributed by atoms with Gasteiger partial charge in [-0.3, -0.25) is 0 Å². The molecule has 1 aromatic rings. The molecule has 0 saturated heterocycles. The Labute approximate surface area is 91.2 Å². The summed E-state index contributed by atoms with van der Waals surface area (Å²) in [6.45, 7) is 0.773. The van der Waals surface area contributed by atoms with Crippen molar-refractivity contribution in [2.24, 2.45) is 0 Å². The van der Waals surface area contributed by atoms with E-state index in [9.17, 15) is 0 Å². The van der Waals surface area contributed by atoms with Gasteiger partial charge in [0.25, 0.3) is 0 Å². The molecule has 0 bridgehead atoms. The molecule has 1 aliphatic rings. The van der Waals surface area contributed by atoms with Gasteiger partial charge in [-0.2, -0.15) is 0 Å². The zero-order chi connectivity index (χ0) is 7.84. The molecule has 0 fully saturated rings. The fourth-order valence-electron chi connectivity index (χ4n) is 1.03. The van der Waals surface area contributed by atoms with Gasteiger partial charge >= 0.3 is 0 Å². The van der Waals surface area contributed by atoms with Crippen LogP contribution in [0.4, 0.5) is 0 Å². The number of hydrogen-bond donors (Lipinski definition) is 0. The number of fused-ring (bicyclic) bond motifs is 1. The molecular weight excluding hydrogens is 370 g/mol. The van der Waals surface area contributed by atoms with Crippen molar-refractivity contribution in [2.75, 3.05) is 6.61 Å². The average molecular weight is 374 g/mol. The molecule has 2 rings (SSSR count). The maximum Gasteiger partial charge on any atom is 0.166 e. The van der Waals surface area contributed by atoms with Gasteiger partial charge in [0, 0.05) is 12.0 Å². The first kappa shape index (κ1) is 7.96. The van der Waals surface area contributed by atoms with E-state index in [4.69, 9.17) is 4.74 Å². The van der Waals surface area contributed by atoms with Crippen molar-refractivity contribution in [1.29, 1.82) is 0 Å². The fourth-order valence-corrected chi connectivity index (χ4v) is 2.24. The van der Waals surface area contributed by atoms with Crippen LogP contribution in [0, 0.1) is 7.40 Å². The molecule has 5 heteroatoms. The van der Waals surface area contributed by atoms with E-state index in [0.717, 1.165) is 26.2 Å². The van der Waals surface area contributed by atoms with E-state index in [0.29, 0.717) is 0 Å². The first-order valence-electron chi connectivity index (χ1n) is 3.12. The summed E-state index contributed by atoms with van der Waals surface area (Å²) in [5, 5.41) is 7.95. The van der Waals surface area contributed by atoms with Crippen LogP contribution in [0.5, 0.6) is 5.75 Å². The maximum absolute atomic E-state index is 5.40. The summed E-state index contributed by atoms with van der Waals surface area (Å²) in [7, 11) is 0. The van der Waals surface area contributed by atoms with Gasteiger partial charge < -0.3 is 4.74 Å². The molecule has 0 radical (unpaired) electrons. The van der Waals surface area contributed by atoms with Crippen LogP contribution >= 0.6 is 45.2 Å². The fraction of sp³-hybridized carbons (Fsp3) is 0.333. The standard InChI is InChI=1S/C6H4I2N2O/c7-5-3-1-2-11-4(3)6(8)10-9-5/h1-2H2. The maximum atomic E-state index is 5.40. The monoisotopic (exact) mass is 374 g/mol. The summed E-state index contributed by atoms with van der Waals surface area (Å²) < 4.78 is 7.23. The zero-order valence-corrected chi connectivity index (χ0v) is 9.79. The van der Waals surface area contributed by atoms with Gasteiger partial charge in [-0.05, 0) is 45.2 Å². The van der Waals surface area contributed by atoms with Crippen LogP contribution < -0.4 is 4.74 Å². The van der Waals surface area contributed by atoms with E-state index in [1.165, 1.54) is 5.56 Å². The smallest absolute Gasteiger partial charge is 0.166 e. The highest BCUT2D eigenvalue weighted by Gasteiger charge is 2.19. The highest BCUT2D eigenvalue weighted by atomic mass is 127. The van der Waals surface area contributed by atoms with Crippen molar-refractivity contribution in [1.82, 2.24) is 10.2 Å². The minimum Gasteiger partial charge on any atom is -0.490 e. The summed E-state index contributed by atoms with van der Waals surface area (Å²) in [6.07, 6.45) is 0.971. The normalized spacial score (nSPS) is 14.4. The third-order valence-electron chi connectivity index (χ3n) is 1.53. The van der Waals surface area contributed by atoms with Crippen LogP contribution in [0.2, 0.25) is 0 Å². The minimum atomic E-state index is 0.773. The summed E-state index contributed by atoms with van der Waals surface area (Å²) in [5.41, 5.74) is 1.21. The predicted molar refractivity (Wildman–Crippen MR) is 56.7 cm³/mol. The summed E-state index contributed by atoms with van der Waals surface area (Å²) in [4.78, 5) is 0. The SMILES string of the molecule is Ic1nnc(I)c2c1CCO2. The Bertz CT molecular complexity index is 274. The third-order valence-corrected chi connectivity index (χ3v) is 3.11. The van der Waals surface area contributed by atoms with Gasteiger partial charge in [0.05, 0.1) is 6.61 Å². The second-order valence-electron chi connectivity index (χ2n) is 2.19. The Morgan fingerprint density at radius 2 is 1.91 bits per heavy atom. The van der Waals surface area contributed by atoms with E-state index >= 15 is 0 Å². The van der Waals surface area contributed by atoms with Gasteiger partial charge in [-0.25, -0.2) is 0 Å². The first-order valence-corrected chi connectivity index (χ1v) is 5.28. The van der Waals surface area contributed by atoms with E-state index in [2.05, 4.69) is 55.4 Å². The lowest BCUT2D eigenvalue weighted by Crippen LogP contribution is -1.95. The Hall–Kier alpha value is 0.340. The number of ether oxygens (including phenoxy) is 1. The van der Waals surface area contributed by atoms with Crippen molar-refractivity contribution in [2.45, 2.75) is 6.42 Å². The molecular formula is C6H4I2N2O. The molecule has 0 spiro atoms. The van der Waals surface area contributed by atoms with E-state index in [1.54, 1.807) is 0 Å². The molecule has 0 atom stereocenters. The largest absolute Gasteiger partial charge is 0.490 e. The molecule has 58 valence electrons. The topological polar surface area (TPSA) is 35.0 Å². The van der Waals surface area contributed by atoms with E-state index in [-0.39, 0.29) is 0 Å². The number of aromatic nitrogens is 2. The van der Waals surface area contributed by atoms with Gasteiger partial charge in [0.15, 0.2) is 9.45 Å². The number of halogens is 2. The average Bonchev–Trinajstić information content (AvgIpc) is 2.45. The Balaban J connectivity index is 2.64. The second-order valence-corrected chi connectivity index (χ2v) is 4.23. The van der Waals surface area contributed by atoms with Crippen LogP contribution in [-0.2, 0) is 6.42 Å². The van der Waals surface area contributed by atoms with Gasteiger partial charge in [0.2, 0.25) is 0 Å². The highest BCUT2D eigenvalue weighted by molar-refractivity contribution is 14.1. The molecule has 0 aromatic carbocycles. The van der Waals surface area contributed by atoms with Crippen molar-refractivity contribution in [3.8, 4) is 5.75 Å². The van der Waals surface area contributed by atoms with Crippen LogP contribution in [0.25, 0.3) is 0 Å². The van der Waals surface area contributed by atoms with Crippen molar-refractivity contribution in [3.05, 3.63) is 13.0 Å². The molecule has 3 nitrogen and oxygen atoms in total. The predicted octanol–water partition coefficient (Wildman–Crippen LogP) is 1.62. The molecule has 2 heterocycles. The first-order chi connectivity index (χ1) is 5.29. The van der Waals surface area contributed by atoms with Gasteiger partial charge in [-0.1, -0.05) is 0 Å². The number of rotatable bonds is 0. The summed E-state index contributed by atoms with van der Waals surface area (Å²) >= 11 is 4.33. The lowest BCUT2D eigenvalue weighted by atomic mass is 10.2. The molecule has 0 unspecified atom stereocenters. The molecule has 1 aromatic heterocycles. The molecule has 11 heavy (non-hydrogen) atoms. The van der Waals surface area contributed by atoms with Gasteiger partial charge in [0.1, 0.15) is 3.70 Å². The Morgan fingerprint density at radius 1 is 1.18 bits per heavy atom. The van der Waals surface area contributed by atoms with E-state index in [1.807, 2.05) is 0 Å². The lowest BCUT2D eigenvalue weighted by Gasteiger charge is -2.00. The lowest BCUT2D eigenvalue weighted by molar-refractivity contribution is 0.352. The van der Waals surface area contributed by atoms with Crippen molar-refractivity contribution in [3.63, 3.8) is 0 Å². The quantitative estimate of drug-likeness (QED) is 0.648. The third kappa shape index (κ3) is 1.32. The minimum absolute atomic E-state index is 0.773.